The van der Waals surface area contributed by atoms with Crippen molar-refractivity contribution in [1.82, 2.24) is 25.8 Å². The van der Waals surface area contributed by atoms with E-state index in [-0.39, 0.29) is 0 Å². The Bertz CT molecular complexity index is 182. The van der Waals surface area contributed by atoms with Gasteiger partial charge < -0.3 is 20.9 Å². The van der Waals surface area contributed by atoms with Crippen LogP contribution in [-0.2, 0) is 0 Å². The number of hydrogen-bond donors (Lipinski definition) is 3. The Labute approximate surface area is 112 Å². The van der Waals surface area contributed by atoms with Crippen LogP contribution in [0.5, 0.6) is 0 Å². The fourth-order valence-electron chi connectivity index (χ4n) is 2.15. The minimum Gasteiger partial charge on any atom is -0.314 e. The predicted octanol–water partition coefficient (Wildman–Crippen LogP) is -0.979. The summed E-state index contributed by atoms with van der Waals surface area (Å²) in [6.07, 6.45) is 0. The van der Waals surface area contributed by atoms with Crippen LogP contribution in [0.3, 0.4) is 0 Å². The lowest BCUT2D eigenvalue weighted by molar-refractivity contribution is 0.159. The lowest BCUT2D eigenvalue weighted by atomic mass is 10.2. The van der Waals surface area contributed by atoms with E-state index in [9.17, 15) is 0 Å². The van der Waals surface area contributed by atoms with Gasteiger partial charge in [-0.1, -0.05) is 0 Å². The molecule has 5 nitrogen and oxygen atoms in total. The first-order valence-electron chi connectivity index (χ1n) is 7.21. The van der Waals surface area contributed by atoms with E-state index in [1.807, 2.05) is 0 Å². The van der Waals surface area contributed by atoms with Crippen molar-refractivity contribution in [2.24, 2.45) is 0 Å². The summed E-state index contributed by atoms with van der Waals surface area (Å²) in [5, 5.41) is 9.84. The zero-order chi connectivity index (χ0) is 13.2. The van der Waals surface area contributed by atoms with Gasteiger partial charge in [0.1, 0.15) is 0 Å². The average Bonchev–Trinajstić information content (AvgIpc) is 2.40. The monoisotopic (exact) mass is 257 g/mol. The molecular weight excluding hydrogens is 226 g/mol. The Morgan fingerprint density at radius 1 is 1.00 bits per heavy atom. The second-order valence-corrected chi connectivity index (χ2v) is 5.39. The number of rotatable bonds is 3. The molecule has 5 heteroatoms. The third-order valence-corrected chi connectivity index (χ3v) is 3.43. The summed E-state index contributed by atoms with van der Waals surface area (Å²) in [5.41, 5.74) is 0. The van der Waals surface area contributed by atoms with Crippen LogP contribution in [0, 0.1) is 0 Å². The summed E-state index contributed by atoms with van der Waals surface area (Å²) in [6.45, 7) is 12.7. The van der Waals surface area contributed by atoms with Gasteiger partial charge in [-0.25, -0.2) is 0 Å². The van der Waals surface area contributed by atoms with Crippen molar-refractivity contribution < 1.29 is 0 Å². The molecule has 0 bridgehead atoms. The van der Waals surface area contributed by atoms with Crippen LogP contribution in [0.25, 0.3) is 0 Å². The number of hydrogen-bond acceptors (Lipinski definition) is 5. The van der Waals surface area contributed by atoms with Crippen LogP contribution in [-0.4, -0.2) is 88.8 Å². The van der Waals surface area contributed by atoms with E-state index in [4.69, 9.17) is 0 Å². The summed E-state index contributed by atoms with van der Waals surface area (Å²) >= 11 is 0. The maximum atomic E-state index is 3.40. The minimum absolute atomic E-state index is 0.707. The minimum atomic E-state index is 0.707. The van der Waals surface area contributed by atoms with Crippen LogP contribution in [0.15, 0.2) is 0 Å². The molecule has 2 saturated heterocycles. The second-order valence-electron chi connectivity index (χ2n) is 5.39. The van der Waals surface area contributed by atoms with Crippen LogP contribution >= 0.6 is 0 Å². The molecule has 2 aliphatic heterocycles. The zero-order valence-electron chi connectivity index (χ0n) is 12.3. The van der Waals surface area contributed by atoms with Crippen molar-refractivity contribution in [3.05, 3.63) is 0 Å². The Kier molecular flexibility index (Phi) is 8.54. The van der Waals surface area contributed by atoms with E-state index in [0.29, 0.717) is 6.04 Å². The smallest absolute Gasteiger partial charge is 0.0193 e. The molecule has 0 radical (unpaired) electrons. The molecule has 0 aromatic carbocycles. The van der Waals surface area contributed by atoms with Gasteiger partial charge in [0, 0.05) is 64.9 Å². The standard InChI is InChI=1S/C9H21N3.C4H10N2/c1-9-8-10-4-5-12(9)7-6-11(2)3;1-2-6-4-3-5-1/h9-10H,4-8H2,1-3H3;5-6H,1-4H2. The van der Waals surface area contributed by atoms with Crippen LogP contribution in [0.4, 0.5) is 0 Å². The lowest BCUT2D eigenvalue weighted by Gasteiger charge is -2.34. The Hall–Kier alpha value is -0.200. The van der Waals surface area contributed by atoms with Gasteiger partial charge in [0.15, 0.2) is 0 Å². The van der Waals surface area contributed by atoms with Gasteiger partial charge in [0.05, 0.1) is 0 Å². The highest BCUT2D eigenvalue weighted by Gasteiger charge is 2.16. The summed E-state index contributed by atoms with van der Waals surface area (Å²) in [5.74, 6) is 0. The maximum Gasteiger partial charge on any atom is 0.0193 e. The molecule has 0 spiro atoms. The molecule has 0 amide bonds. The Morgan fingerprint density at radius 3 is 2.06 bits per heavy atom. The fraction of sp³-hybridized carbons (Fsp3) is 1.00. The third-order valence-electron chi connectivity index (χ3n) is 3.43. The maximum absolute atomic E-state index is 3.40. The summed E-state index contributed by atoms with van der Waals surface area (Å²) < 4.78 is 0. The predicted molar refractivity (Wildman–Crippen MR) is 78.2 cm³/mol. The second kappa shape index (κ2) is 9.69. The van der Waals surface area contributed by atoms with Gasteiger partial charge in [-0.2, -0.15) is 0 Å². The molecule has 1 atom stereocenters. The molecular formula is C13H31N5. The topological polar surface area (TPSA) is 42.6 Å². The van der Waals surface area contributed by atoms with E-state index >= 15 is 0 Å². The van der Waals surface area contributed by atoms with Gasteiger partial charge in [0.2, 0.25) is 0 Å². The van der Waals surface area contributed by atoms with Crippen LogP contribution in [0.2, 0.25) is 0 Å². The van der Waals surface area contributed by atoms with Gasteiger partial charge >= 0.3 is 0 Å². The molecule has 2 heterocycles. The third kappa shape index (κ3) is 7.28. The SMILES string of the molecule is C1CNCCN1.CC1CNCCN1CCN(C)C. The van der Waals surface area contributed by atoms with Crippen molar-refractivity contribution in [3.8, 4) is 0 Å². The van der Waals surface area contributed by atoms with Crippen molar-refractivity contribution in [3.63, 3.8) is 0 Å². The van der Waals surface area contributed by atoms with E-state index in [1.165, 1.54) is 19.6 Å². The number of piperazine rings is 2. The highest BCUT2D eigenvalue weighted by atomic mass is 15.2. The molecule has 1 unspecified atom stereocenters. The van der Waals surface area contributed by atoms with Crippen LogP contribution in [0.1, 0.15) is 6.92 Å². The number of nitrogens with zero attached hydrogens (tertiary/aromatic N) is 2. The van der Waals surface area contributed by atoms with Gasteiger partial charge in [-0.3, -0.25) is 4.90 Å². The molecule has 0 aromatic rings. The van der Waals surface area contributed by atoms with Gasteiger partial charge in [-0.05, 0) is 21.0 Å². The van der Waals surface area contributed by atoms with Crippen molar-refractivity contribution in [2.45, 2.75) is 13.0 Å². The molecule has 0 saturated carbocycles. The highest BCUT2D eigenvalue weighted by Crippen LogP contribution is 2.01. The Balaban J connectivity index is 0.000000225. The first-order chi connectivity index (χ1) is 8.70. The van der Waals surface area contributed by atoms with Crippen molar-refractivity contribution >= 4 is 0 Å². The quantitative estimate of drug-likeness (QED) is 0.607. The lowest BCUT2D eigenvalue weighted by Crippen LogP contribution is -2.51. The number of nitrogens with one attached hydrogen (secondary N) is 3. The summed E-state index contributed by atoms with van der Waals surface area (Å²) in [6, 6.07) is 0.707. The fourth-order valence-corrected chi connectivity index (χ4v) is 2.15. The molecule has 18 heavy (non-hydrogen) atoms. The van der Waals surface area contributed by atoms with E-state index < -0.39 is 0 Å². The van der Waals surface area contributed by atoms with Crippen molar-refractivity contribution in [1.29, 1.82) is 0 Å². The van der Waals surface area contributed by atoms with Gasteiger partial charge in [0.25, 0.3) is 0 Å². The average molecular weight is 257 g/mol. The molecule has 2 rings (SSSR count). The molecule has 3 N–H and O–H groups in total. The van der Waals surface area contributed by atoms with Gasteiger partial charge in [-0.15, -0.1) is 0 Å². The molecule has 0 aliphatic carbocycles. The highest BCUT2D eigenvalue weighted by molar-refractivity contribution is 4.76. The van der Waals surface area contributed by atoms with E-state index in [0.717, 1.165) is 39.3 Å². The Morgan fingerprint density at radius 2 is 1.61 bits per heavy atom. The summed E-state index contributed by atoms with van der Waals surface area (Å²) in [4.78, 5) is 4.80. The van der Waals surface area contributed by atoms with E-state index in [1.54, 1.807) is 0 Å². The first kappa shape index (κ1) is 15.9. The largest absolute Gasteiger partial charge is 0.314 e. The molecule has 0 aromatic heterocycles. The first-order valence-corrected chi connectivity index (χ1v) is 7.21. The zero-order valence-corrected chi connectivity index (χ0v) is 12.3. The normalized spacial score (nSPS) is 25.7. The number of likely N-dealkylation sites (N-methyl/N-ethyl adjacent to an activating group) is 1. The molecule has 2 fully saturated rings. The summed E-state index contributed by atoms with van der Waals surface area (Å²) in [7, 11) is 4.26. The van der Waals surface area contributed by atoms with E-state index in [2.05, 4.69) is 46.8 Å². The van der Waals surface area contributed by atoms with Crippen molar-refractivity contribution in [2.75, 3.05) is 73.0 Å². The molecule has 2 aliphatic rings. The molecule has 108 valence electrons. The van der Waals surface area contributed by atoms with Crippen LogP contribution < -0.4 is 16.0 Å².